The van der Waals surface area contributed by atoms with Gasteiger partial charge < -0.3 is 4.79 Å². The zero-order valence-corrected chi connectivity index (χ0v) is 12.2. The second-order valence-electron chi connectivity index (χ2n) is 4.28. The molecule has 1 heterocycles. The highest BCUT2D eigenvalue weighted by atomic mass is 32.2. The zero-order valence-electron chi connectivity index (χ0n) is 10.5. The van der Waals surface area contributed by atoms with Crippen molar-refractivity contribution in [1.82, 2.24) is 0 Å². The molecule has 1 aromatic heterocycles. The summed E-state index contributed by atoms with van der Waals surface area (Å²) >= 11 is 1.43. The van der Waals surface area contributed by atoms with Gasteiger partial charge in [-0.05, 0) is 30.4 Å². The highest BCUT2D eigenvalue weighted by molar-refractivity contribution is 7.92. The fraction of sp³-hybridized carbons (Fsp3) is 0.308. The highest BCUT2D eigenvalue weighted by Crippen LogP contribution is 2.35. The van der Waals surface area contributed by atoms with Gasteiger partial charge in [0, 0.05) is 11.1 Å². The van der Waals surface area contributed by atoms with Crippen LogP contribution in [0, 0.1) is 6.92 Å². The molecule has 0 saturated carbocycles. The molecule has 0 amide bonds. The van der Waals surface area contributed by atoms with E-state index < -0.39 is 10.0 Å². The molecule has 0 fully saturated rings. The van der Waals surface area contributed by atoms with Gasteiger partial charge in [-0.25, -0.2) is 8.42 Å². The van der Waals surface area contributed by atoms with E-state index in [4.69, 9.17) is 0 Å². The molecule has 1 aromatic carbocycles. The van der Waals surface area contributed by atoms with E-state index in [-0.39, 0.29) is 12.2 Å². The minimum absolute atomic E-state index is 0.0283. The molecule has 19 heavy (non-hydrogen) atoms. The monoisotopic (exact) mass is 297 g/mol. The number of fused-ring (bicyclic) bond motifs is 1. The number of sulfonamides is 1. The summed E-state index contributed by atoms with van der Waals surface area (Å²) in [6, 6.07) is 7.81. The van der Waals surface area contributed by atoms with E-state index in [1.165, 1.54) is 11.3 Å². The number of aryl methyl sites for hydroxylation is 1. The van der Waals surface area contributed by atoms with Crippen molar-refractivity contribution in [1.29, 1.82) is 0 Å². The smallest absolute Gasteiger partial charge is 0.233 e. The minimum Gasteiger partial charge on any atom is -0.303 e. The van der Waals surface area contributed by atoms with E-state index in [2.05, 4.69) is 4.72 Å². The molecule has 2 aromatic rings. The fourth-order valence-electron chi connectivity index (χ4n) is 1.82. The maximum Gasteiger partial charge on any atom is 0.233 e. The van der Waals surface area contributed by atoms with Crippen LogP contribution >= 0.6 is 11.3 Å². The second kappa shape index (κ2) is 5.71. The van der Waals surface area contributed by atoms with Crippen LogP contribution in [-0.4, -0.2) is 20.5 Å². The molecule has 0 aliphatic rings. The predicted octanol–water partition coefficient (Wildman–Crippen LogP) is 2.93. The molecular weight excluding hydrogens is 282 g/mol. The van der Waals surface area contributed by atoms with Crippen LogP contribution in [0.5, 0.6) is 0 Å². The standard InChI is InChI=1S/C13H15NO3S2/c1-10-11-6-2-3-7-12(11)18-13(10)14-19(16,17)9-5-4-8-15/h2-3,6-8,14H,4-5,9H2,1H3. The number of anilines is 1. The van der Waals surface area contributed by atoms with Gasteiger partial charge in [0.15, 0.2) is 0 Å². The zero-order chi connectivity index (χ0) is 13.9. The van der Waals surface area contributed by atoms with Gasteiger partial charge in [-0.1, -0.05) is 18.2 Å². The Morgan fingerprint density at radius 1 is 1.32 bits per heavy atom. The van der Waals surface area contributed by atoms with Crippen molar-refractivity contribution in [2.45, 2.75) is 19.8 Å². The number of aldehydes is 1. The van der Waals surface area contributed by atoms with Gasteiger partial charge in [-0.15, -0.1) is 11.3 Å². The first kappa shape index (κ1) is 14.0. The normalized spacial score (nSPS) is 11.6. The van der Waals surface area contributed by atoms with E-state index in [1.807, 2.05) is 31.2 Å². The summed E-state index contributed by atoms with van der Waals surface area (Å²) in [4.78, 5) is 10.2. The van der Waals surface area contributed by atoms with Crippen molar-refractivity contribution in [3.8, 4) is 0 Å². The third-order valence-corrected chi connectivity index (χ3v) is 5.49. The molecule has 2 rings (SSSR count). The van der Waals surface area contributed by atoms with Crippen LogP contribution in [0.15, 0.2) is 24.3 Å². The summed E-state index contributed by atoms with van der Waals surface area (Å²) in [5.41, 5.74) is 0.944. The largest absolute Gasteiger partial charge is 0.303 e. The van der Waals surface area contributed by atoms with Gasteiger partial charge in [0.05, 0.1) is 5.75 Å². The average molecular weight is 297 g/mol. The van der Waals surface area contributed by atoms with Crippen molar-refractivity contribution in [2.75, 3.05) is 10.5 Å². The van der Waals surface area contributed by atoms with Crippen molar-refractivity contribution >= 4 is 42.7 Å². The maximum absolute atomic E-state index is 11.9. The summed E-state index contributed by atoms with van der Waals surface area (Å²) in [5.74, 6) is -0.0283. The van der Waals surface area contributed by atoms with E-state index >= 15 is 0 Å². The van der Waals surface area contributed by atoms with Gasteiger partial charge in [-0.3, -0.25) is 4.72 Å². The molecule has 1 N–H and O–H groups in total. The lowest BCUT2D eigenvalue weighted by molar-refractivity contribution is -0.107. The van der Waals surface area contributed by atoms with E-state index in [1.54, 1.807) is 0 Å². The molecule has 102 valence electrons. The summed E-state index contributed by atoms with van der Waals surface area (Å²) in [7, 11) is -3.38. The molecule has 0 aliphatic carbocycles. The van der Waals surface area contributed by atoms with Crippen LogP contribution < -0.4 is 4.72 Å². The third kappa shape index (κ3) is 3.33. The van der Waals surface area contributed by atoms with Crippen LogP contribution in [0.3, 0.4) is 0 Å². The van der Waals surface area contributed by atoms with Crippen LogP contribution in [-0.2, 0) is 14.8 Å². The van der Waals surface area contributed by atoms with Crippen LogP contribution in [0.1, 0.15) is 18.4 Å². The van der Waals surface area contributed by atoms with Crippen molar-refractivity contribution in [3.63, 3.8) is 0 Å². The fourth-order valence-corrected chi connectivity index (χ4v) is 4.41. The Morgan fingerprint density at radius 3 is 2.74 bits per heavy atom. The predicted molar refractivity (Wildman–Crippen MR) is 79.3 cm³/mol. The first-order chi connectivity index (χ1) is 9.03. The molecule has 0 radical (unpaired) electrons. The summed E-state index contributed by atoms with van der Waals surface area (Å²) in [5, 5.41) is 1.73. The Kier molecular flexibility index (Phi) is 4.21. The van der Waals surface area contributed by atoms with Crippen LogP contribution in [0.2, 0.25) is 0 Å². The van der Waals surface area contributed by atoms with Gasteiger partial charge in [0.1, 0.15) is 11.3 Å². The summed E-state index contributed by atoms with van der Waals surface area (Å²) < 4.78 is 27.4. The van der Waals surface area contributed by atoms with Crippen molar-refractivity contribution in [3.05, 3.63) is 29.8 Å². The first-order valence-corrected chi connectivity index (χ1v) is 8.42. The van der Waals surface area contributed by atoms with Gasteiger partial charge in [0.25, 0.3) is 0 Å². The molecule has 0 unspecified atom stereocenters. The number of thiophene rings is 1. The molecule has 0 aliphatic heterocycles. The molecular formula is C13H15NO3S2. The van der Waals surface area contributed by atoms with Crippen molar-refractivity contribution in [2.24, 2.45) is 0 Å². The van der Waals surface area contributed by atoms with Crippen LogP contribution in [0.4, 0.5) is 5.00 Å². The Labute approximate surface area is 116 Å². The molecule has 0 bridgehead atoms. The van der Waals surface area contributed by atoms with Gasteiger partial charge in [0.2, 0.25) is 10.0 Å². The number of unbranched alkanes of at least 4 members (excludes halogenated alkanes) is 1. The maximum atomic E-state index is 11.9. The molecule has 0 spiro atoms. The lowest BCUT2D eigenvalue weighted by Gasteiger charge is -2.05. The Hall–Kier alpha value is -1.40. The number of carbonyl (C=O) groups is 1. The molecule has 0 saturated heterocycles. The Morgan fingerprint density at radius 2 is 2.05 bits per heavy atom. The lowest BCUT2D eigenvalue weighted by atomic mass is 10.2. The number of benzene rings is 1. The van der Waals surface area contributed by atoms with E-state index in [9.17, 15) is 13.2 Å². The summed E-state index contributed by atoms with van der Waals surface area (Å²) in [6.07, 6.45) is 1.36. The number of nitrogens with one attached hydrogen (secondary N) is 1. The van der Waals surface area contributed by atoms with Gasteiger partial charge in [-0.2, -0.15) is 0 Å². The number of rotatable bonds is 6. The van der Waals surface area contributed by atoms with Gasteiger partial charge >= 0.3 is 0 Å². The molecule has 4 nitrogen and oxygen atoms in total. The second-order valence-corrected chi connectivity index (χ2v) is 7.18. The Bertz CT molecular complexity index is 689. The minimum atomic E-state index is -3.38. The lowest BCUT2D eigenvalue weighted by Crippen LogP contribution is -2.16. The van der Waals surface area contributed by atoms with Crippen LogP contribution in [0.25, 0.3) is 10.1 Å². The van der Waals surface area contributed by atoms with E-state index in [0.29, 0.717) is 11.4 Å². The Balaban J connectivity index is 2.21. The quantitative estimate of drug-likeness (QED) is 0.658. The third-order valence-electron chi connectivity index (χ3n) is 2.83. The molecule has 6 heteroatoms. The number of hydrogen-bond acceptors (Lipinski definition) is 4. The van der Waals surface area contributed by atoms with Crippen molar-refractivity contribution < 1.29 is 13.2 Å². The number of carbonyl (C=O) groups excluding carboxylic acids is 1. The SMILES string of the molecule is Cc1c(NS(=O)(=O)CCCC=O)sc2ccccc12. The summed E-state index contributed by atoms with van der Waals surface area (Å²) in [6.45, 7) is 1.90. The first-order valence-electron chi connectivity index (χ1n) is 5.96. The number of hydrogen-bond donors (Lipinski definition) is 1. The topological polar surface area (TPSA) is 63.2 Å². The highest BCUT2D eigenvalue weighted by Gasteiger charge is 2.15. The average Bonchev–Trinajstić information content (AvgIpc) is 2.66. The molecule has 0 atom stereocenters. The van der Waals surface area contributed by atoms with E-state index in [0.717, 1.165) is 21.9 Å².